The molecule has 18 heavy (non-hydrogen) atoms. The molecule has 0 aliphatic carbocycles. The Labute approximate surface area is 108 Å². The van der Waals surface area contributed by atoms with Gasteiger partial charge in [-0.1, -0.05) is 0 Å². The van der Waals surface area contributed by atoms with Gasteiger partial charge in [0.15, 0.2) is 17.4 Å². The van der Waals surface area contributed by atoms with Gasteiger partial charge in [-0.2, -0.15) is 11.3 Å². The van der Waals surface area contributed by atoms with E-state index < -0.39 is 11.6 Å². The number of hydrogen-bond donors (Lipinski definition) is 1. The number of benzene rings is 1. The number of thiophene rings is 1. The zero-order chi connectivity index (χ0) is 13.0. The molecule has 2 rings (SSSR count). The van der Waals surface area contributed by atoms with Crippen LogP contribution in [0.1, 0.15) is 11.1 Å². The van der Waals surface area contributed by atoms with E-state index in [1.165, 1.54) is 12.1 Å². The summed E-state index contributed by atoms with van der Waals surface area (Å²) in [4.78, 5) is 0. The maximum Gasteiger partial charge on any atom is 0.190 e. The van der Waals surface area contributed by atoms with Crippen LogP contribution in [0, 0.1) is 11.6 Å². The van der Waals surface area contributed by atoms with Crippen molar-refractivity contribution in [3.63, 3.8) is 0 Å². The van der Waals surface area contributed by atoms with E-state index >= 15 is 0 Å². The first-order chi connectivity index (χ1) is 8.70. The van der Waals surface area contributed by atoms with Crippen molar-refractivity contribution in [1.82, 2.24) is 0 Å². The van der Waals surface area contributed by atoms with Gasteiger partial charge in [-0.3, -0.25) is 0 Å². The zero-order valence-electron chi connectivity index (χ0n) is 9.66. The lowest BCUT2D eigenvalue weighted by atomic mass is 10.2. The van der Waals surface area contributed by atoms with Crippen molar-refractivity contribution in [3.8, 4) is 5.75 Å². The predicted molar refractivity (Wildman–Crippen MR) is 67.8 cm³/mol. The molecule has 0 spiro atoms. The molecule has 0 aliphatic rings. The first-order valence-corrected chi connectivity index (χ1v) is 6.47. The molecule has 0 amide bonds. The Morgan fingerprint density at radius 3 is 2.44 bits per heavy atom. The minimum Gasteiger partial charge on any atom is -0.487 e. The van der Waals surface area contributed by atoms with Crippen molar-refractivity contribution in [2.75, 3.05) is 6.61 Å². The van der Waals surface area contributed by atoms with E-state index in [0.717, 1.165) is 5.56 Å². The molecule has 1 aromatic carbocycles. The van der Waals surface area contributed by atoms with Crippen molar-refractivity contribution < 1.29 is 13.5 Å². The fraction of sp³-hybridized carbons (Fsp3) is 0.231. The van der Waals surface area contributed by atoms with Crippen molar-refractivity contribution >= 4 is 11.3 Å². The van der Waals surface area contributed by atoms with Crippen molar-refractivity contribution in [3.05, 3.63) is 51.7 Å². The van der Waals surface area contributed by atoms with Gasteiger partial charge in [0, 0.05) is 13.0 Å². The monoisotopic (exact) mass is 269 g/mol. The summed E-state index contributed by atoms with van der Waals surface area (Å²) in [5, 5.41) is 3.93. The number of hydrogen-bond acceptors (Lipinski definition) is 3. The third kappa shape index (κ3) is 3.05. The first-order valence-electron chi connectivity index (χ1n) is 5.52. The van der Waals surface area contributed by atoms with E-state index in [1.807, 2.05) is 16.8 Å². The Hall–Kier alpha value is -1.46. The molecule has 0 atom stereocenters. The second-order valence-electron chi connectivity index (χ2n) is 3.82. The van der Waals surface area contributed by atoms with Gasteiger partial charge in [-0.25, -0.2) is 8.78 Å². The molecule has 0 radical (unpaired) electrons. The second kappa shape index (κ2) is 5.93. The zero-order valence-corrected chi connectivity index (χ0v) is 10.5. The Kier molecular flexibility index (Phi) is 4.28. The van der Waals surface area contributed by atoms with E-state index in [9.17, 15) is 8.78 Å². The van der Waals surface area contributed by atoms with Crippen LogP contribution in [0.3, 0.4) is 0 Å². The molecule has 1 heterocycles. The molecule has 0 unspecified atom stereocenters. The summed E-state index contributed by atoms with van der Waals surface area (Å²) in [6, 6.07) is 4.35. The molecule has 5 heteroatoms. The maximum atomic E-state index is 13.5. The van der Waals surface area contributed by atoms with Crippen molar-refractivity contribution in [1.29, 1.82) is 0 Å². The summed E-state index contributed by atoms with van der Waals surface area (Å²) < 4.78 is 32.2. The lowest BCUT2D eigenvalue weighted by molar-refractivity contribution is 0.288. The molecule has 0 aliphatic heterocycles. The fourth-order valence-corrected chi connectivity index (χ4v) is 2.28. The summed E-state index contributed by atoms with van der Waals surface area (Å²) >= 11 is 1.58. The van der Waals surface area contributed by atoms with Gasteiger partial charge < -0.3 is 10.5 Å². The highest BCUT2D eigenvalue weighted by atomic mass is 32.1. The summed E-state index contributed by atoms with van der Waals surface area (Å²) in [5.74, 6) is -1.75. The standard InChI is InChI=1S/C13H13F2NOS/c14-11-5-10(7-16)6-12(15)13(11)17-3-1-9-2-4-18-8-9/h2,4-6,8H,1,3,7,16H2. The topological polar surface area (TPSA) is 35.2 Å². The molecular weight excluding hydrogens is 256 g/mol. The summed E-state index contributed by atoms with van der Waals surface area (Å²) in [6.07, 6.45) is 0.626. The average molecular weight is 269 g/mol. The largest absolute Gasteiger partial charge is 0.487 e. The summed E-state index contributed by atoms with van der Waals surface area (Å²) in [5.41, 5.74) is 6.84. The molecule has 96 valence electrons. The number of ether oxygens (including phenoxy) is 1. The lowest BCUT2D eigenvalue weighted by Gasteiger charge is -2.09. The van der Waals surface area contributed by atoms with Gasteiger partial charge in [-0.15, -0.1) is 0 Å². The number of halogens is 2. The molecule has 2 nitrogen and oxygen atoms in total. The van der Waals surface area contributed by atoms with Crippen LogP contribution in [0.5, 0.6) is 5.75 Å². The fourth-order valence-electron chi connectivity index (χ4n) is 1.57. The molecule has 2 aromatic rings. The van der Waals surface area contributed by atoms with Gasteiger partial charge in [0.05, 0.1) is 6.61 Å². The predicted octanol–water partition coefficient (Wildman–Crippen LogP) is 3.11. The van der Waals surface area contributed by atoms with Crippen LogP contribution in [-0.4, -0.2) is 6.61 Å². The lowest BCUT2D eigenvalue weighted by Crippen LogP contribution is -2.06. The summed E-state index contributed by atoms with van der Waals surface area (Å²) in [7, 11) is 0. The Morgan fingerprint density at radius 1 is 1.17 bits per heavy atom. The van der Waals surface area contributed by atoms with Crippen LogP contribution in [0.4, 0.5) is 8.78 Å². The first kappa shape index (κ1) is 13.0. The molecule has 0 saturated heterocycles. The van der Waals surface area contributed by atoms with Gasteiger partial charge >= 0.3 is 0 Å². The normalized spacial score (nSPS) is 10.6. The van der Waals surface area contributed by atoms with Crippen LogP contribution < -0.4 is 10.5 Å². The van der Waals surface area contributed by atoms with E-state index in [2.05, 4.69) is 0 Å². The van der Waals surface area contributed by atoms with Gasteiger partial charge in [0.25, 0.3) is 0 Å². The molecule has 1 aromatic heterocycles. The Morgan fingerprint density at radius 2 is 1.89 bits per heavy atom. The smallest absolute Gasteiger partial charge is 0.190 e. The van der Waals surface area contributed by atoms with E-state index in [4.69, 9.17) is 10.5 Å². The minimum absolute atomic E-state index is 0.100. The molecule has 0 saturated carbocycles. The van der Waals surface area contributed by atoms with E-state index in [-0.39, 0.29) is 18.9 Å². The SMILES string of the molecule is NCc1cc(F)c(OCCc2ccsc2)c(F)c1. The quantitative estimate of drug-likeness (QED) is 0.905. The van der Waals surface area contributed by atoms with Crippen LogP contribution in [0.25, 0.3) is 0 Å². The Balaban J connectivity index is 2.01. The van der Waals surface area contributed by atoms with E-state index in [0.29, 0.717) is 12.0 Å². The van der Waals surface area contributed by atoms with Crippen LogP contribution in [0.15, 0.2) is 29.0 Å². The minimum atomic E-state index is -0.708. The summed E-state index contributed by atoms with van der Waals surface area (Å²) in [6.45, 7) is 0.343. The highest BCUT2D eigenvalue weighted by Crippen LogP contribution is 2.23. The van der Waals surface area contributed by atoms with Gasteiger partial charge in [0.2, 0.25) is 0 Å². The van der Waals surface area contributed by atoms with Crippen molar-refractivity contribution in [2.24, 2.45) is 5.73 Å². The van der Waals surface area contributed by atoms with Crippen LogP contribution in [0.2, 0.25) is 0 Å². The molecule has 2 N–H and O–H groups in total. The Bertz CT molecular complexity index is 491. The van der Waals surface area contributed by atoms with Crippen LogP contribution >= 0.6 is 11.3 Å². The maximum absolute atomic E-state index is 13.5. The molecule has 0 bridgehead atoms. The molecular formula is C13H13F2NOS. The third-order valence-corrected chi connectivity index (χ3v) is 3.24. The number of nitrogens with two attached hydrogens (primary N) is 1. The van der Waals surface area contributed by atoms with Gasteiger partial charge in [0.1, 0.15) is 0 Å². The second-order valence-corrected chi connectivity index (χ2v) is 4.60. The molecule has 0 fully saturated rings. The third-order valence-electron chi connectivity index (χ3n) is 2.51. The number of rotatable bonds is 5. The average Bonchev–Trinajstić information content (AvgIpc) is 2.85. The highest BCUT2D eigenvalue weighted by molar-refractivity contribution is 7.07. The highest BCUT2D eigenvalue weighted by Gasteiger charge is 2.12. The van der Waals surface area contributed by atoms with Crippen LogP contribution in [-0.2, 0) is 13.0 Å². The van der Waals surface area contributed by atoms with Crippen molar-refractivity contribution in [2.45, 2.75) is 13.0 Å². The van der Waals surface area contributed by atoms with E-state index in [1.54, 1.807) is 11.3 Å². The van der Waals surface area contributed by atoms with Gasteiger partial charge in [-0.05, 0) is 40.1 Å².